The van der Waals surface area contributed by atoms with Gasteiger partial charge in [-0.15, -0.1) is 0 Å². The van der Waals surface area contributed by atoms with Crippen molar-refractivity contribution in [2.24, 2.45) is 5.92 Å². The van der Waals surface area contributed by atoms with Gasteiger partial charge in [-0.05, 0) is 12.1 Å². The van der Waals surface area contributed by atoms with Crippen molar-refractivity contribution in [3.8, 4) is 0 Å². The summed E-state index contributed by atoms with van der Waals surface area (Å²) in [5.41, 5.74) is -0.0277. The molecule has 1 N–H and O–H groups in total. The molecule has 1 aromatic rings. The number of rotatable bonds is 20. The molecule has 0 aliphatic carbocycles. The van der Waals surface area contributed by atoms with Gasteiger partial charge in [0.1, 0.15) is 32.5 Å². The van der Waals surface area contributed by atoms with Gasteiger partial charge in [0.2, 0.25) is 0 Å². The average Bonchev–Trinajstić information content (AvgIpc) is 2.92. The lowest BCUT2D eigenvalue weighted by molar-refractivity contribution is -0.151. The summed E-state index contributed by atoms with van der Waals surface area (Å²) in [7, 11) is 0. The number of hydrogen-bond donors (Lipinski definition) is 1. The zero-order valence-electron chi connectivity index (χ0n) is 21.8. The molecule has 0 heterocycles. The summed E-state index contributed by atoms with van der Waals surface area (Å²) in [6, 6.07) is 5.94. The van der Waals surface area contributed by atoms with Gasteiger partial charge in [-0.25, -0.2) is 14.4 Å². The SMILES string of the molecule is C=CC(=O)OCCOCCOCCOCCOC(=O)c1ccccc1C(=O)OCC(O)COC(=O)C(C)C. The molecule has 38 heavy (non-hydrogen) atoms. The molecule has 12 nitrogen and oxygen atoms in total. The highest BCUT2D eigenvalue weighted by Gasteiger charge is 2.20. The van der Waals surface area contributed by atoms with Crippen LogP contribution in [0.15, 0.2) is 36.9 Å². The fraction of sp³-hybridized carbons (Fsp3) is 0.538. The van der Waals surface area contributed by atoms with Crippen LogP contribution in [0.1, 0.15) is 34.6 Å². The quantitative estimate of drug-likeness (QED) is 0.110. The Labute approximate surface area is 221 Å². The van der Waals surface area contributed by atoms with Gasteiger partial charge in [0.05, 0.1) is 56.7 Å². The Balaban J connectivity index is 2.22. The maximum atomic E-state index is 12.4. The molecule has 0 bridgehead atoms. The fourth-order valence-corrected chi connectivity index (χ4v) is 2.55. The predicted octanol–water partition coefficient (Wildman–Crippen LogP) is 1.34. The summed E-state index contributed by atoms with van der Waals surface area (Å²) >= 11 is 0. The van der Waals surface area contributed by atoms with Gasteiger partial charge in [-0.3, -0.25) is 4.79 Å². The van der Waals surface area contributed by atoms with Crippen LogP contribution in [0.2, 0.25) is 0 Å². The van der Waals surface area contributed by atoms with Gasteiger partial charge in [-0.1, -0.05) is 32.6 Å². The third-order valence-electron chi connectivity index (χ3n) is 4.51. The van der Waals surface area contributed by atoms with Crippen molar-refractivity contribution in [1.29, 1.82) is 0 Å². The van der Waals surface area contributed by atoms with E-state index < -0.39 is 36.6 Å². The van der Waals surface area contributed by atoms with E-state index in [1.54, 1.807) is 26.0 Å². The lowest BCUT2D eigenvalue weighted by atomic mass is 10.1. The zero-order chi connectivity index (χ0) is 28.2. The summed E-state index contributed by atoms with van der Waals surface area (Å²) in [6.07, 6.45) is -0.129. The number of benzene rings is 1. The van der Waals surface area contributed by atoms with Crippen LogP contribution < -0.4 is 0 Å². The van der Waals surface area contributed by atoms with E-state index in [1.165, 1.54) is 12.1 Å². The highest BCUT2D eigenvalue weighted by atomic mass is 16.6. The first-order valence-corrected chi connectivity index (χ1v) is 12.1. The molecule has 12 heteroatoms. The number of carbonyl (C=O) groups excluding carboxylic acids is 4. The molecule has 0 saturated carbocycles. The molecule has 0 aliphatic heterocycles. The van der Waals surface area contributed by atoms with Gasteiger partial charge < -0.3 is 38.3 Å². The van der Waals surface area contributed by atoms with E-state index in [0.29, 0.717) is 19.8 Å². The molecule has 0 amide bonds. The average molecular weight is 541 g/mol. The predicted molar refractivity (Wildman–Crippen MR) is 132 cm³/mol. The second kappa shape index (κ2) is 19.7. The molecule has 0 spiro atoms. The van der Waals surface area contributed by atoms with Gasteiger partial charge in [0, 0.05) is 6.08 Å². The number of aliphatic hydroxyl groups excluding tert-OH is 1. The van der Waals surface area contributed by atoms with E-state index in [-0.39, 0.29) is 56.7 Å². The molecule has 212 valence electrons. The Bertz CT molecular complexity index is 883. The van der Waals surface area contributed by atoms with Crippen LogP contribution in [0.3, 0.4) is 0 Å². The Kier molecular flexibility index (Phi) is 17.0. The first kappa shape index (κ1) is 32.7. The van der Waals surface area contributed by atoms with Crippen molar-refractivity contribution < 1.29 is 57.4 Å². The zero-order valence-corrected chi connectivity index (χ0v) is 21.8. The number of esters is 4. The van der Waals surface area contributed by atoms with Crippen molar-refractivity contribution >= 4 is 23.9 Å². The molecule has 0 radical (unpaired) electrons. The van der Waals surface area contributed by atoms with Crippen molar-refractivity contribution in [2.75, 3.05) is 66.1 Å². The summed E-state index contributed by atoms with van der Waals surface area (Å²) < 4.78 is 35.7. The Hall–Kier alpha value is -3.32. The minimum Gasteiger partial charge on any atom is -0.463 e. The van der Waals surface area contributed by atoms with Crippen LogP contribution in [0.5, 0.6) is 0 Å². The van der Waals surface area contributed by atoms with Crippen molar-refractivity contribution in [3.63, 3.8) is 0 Å². The third-order valence-corrected chi connectivity index (χ3v) is 4.51. The highest BCUT2D eigenvalue weighted by Crippen LogP contribution is 2.12. The largest absolute Gasteiger partial charge is 0.463 e. The van der Waals surface area contributed by atoms with Crippen LogP contribution in [-0.4, -0.2) is 101 Å². The molecular weight excluding hydrogens is 504 g/mol. The van der Waals surface area contributed by atoms with Gasteiger partial charge in [0.15, 0.2) is 0 Å². The van der Waals surface area contributed by atoms with E-state index in [4.69, 9.17) is 33.2 Å². The van der Waals surface area contributed by atoms with Crippen LogP contribution in [0.25, 0.3) is 0 Å². The van der Waals surface area contributed by atoms with Gasteiger partial charge in [0.25, 0.3) is 0 Å². The Morgan fingerprint density at radius 2 is 1.18 bits per heavy atom. The maximum Gasteiger partial charge on any atom is 0.339 e. The van der Waals surface area contributed by atoms with Crippen LogP contribution in [0, 0.1) is 5.92 Å². The Morgan fingerprint density at radius 1 is 0.737 bits per heavy atom. The van der Waals surface area contributed by atoms with Crippen molar-refractivity contribution in [1.82, 2.24) is 0 Å². The minimum atomic E-state index is -1.21. The van der Waals surface area contributed by atoms with E-state index in [1.807, 2.05) is 0 Å². The molecule has 1 atom stereocenters. The Morgan fingerprint density at radius 3 is 1.68 bits per heavy atom. The second-order valence-electron chi connectivity index (χ2n) is 7.93. The monoisotopic (exact) mass is 540 g/mol. The van der Waals surface area contributed by atoms with E-state index in [2.05, 4.69) is 6.58 Å². The molecular formula is C26H36O12. The summed E-state index contributed by atoms with van der Waals surface area (Å²) in [5, 5.41) is 9.86. The topological polar surface area (TPSA) is 153 Å². The standard InChI is InChI=1S/C26H36O12/c1-4-23(28)35-15-13-33-11-9-32-10-12-34-14-16-36-25(30)21-7-5-6-8-22(21)26(31)38-18-20(27)17-37-24(29)19(2)3/h4-8,19-20,27H,1,9-18H2,2-3H3. The lowest BCUT2D eigenvalue weighted by Gasteiger charge is -2.14. The molecule has 1 unspecified atom stereocenters. The summed E-state index contributed by atoms with van der Waals surface area (Å²) in [6.45, 7) is 7.56. The van der Waals surface area contributed by atoms with Crippen molar-refractivity contribution in [3.05, 3.63) is 48.0 Å². The molecule has 0 aromatic heterocycles. The van der Waals surface area contributed by atoms with E-state index >= 15 is 0 Å². The van der Waals surface area contributed by atoms with E-state index in [9.17, 15) is 24.3 Å². The van der Waals surface area contributed by atoms with Crippen LogP contribution >= 0.6 is 0 Å². The normalized spacial score (nSPS) is 11.5. The van der Waals surface area contributed by atoms with Crippen LogP contribution in [0.4, 0.5) is 0 Å². The number of aliphatic hydroxyl groups is 1. The first-order valence-electron chi connectivity index (χ1n) is 12.1. The summed E-state index contributed by atoms with van der Waals surface area (Å²) in [4.78, 5) is 47.1. The number of ether oxygens (including phenoxy) is 7. The first-order chi connectivity index (χ1) is 18.3. The fourth-order valence-electron chi connectivity index (χ4n) is 2.55. The van der Waals surface area contributed by atoms with Crippen LogP contribution in [-0.2, 0) is 42.7 Å². The number of hydrogen-bond acceptors (Lipinski definition) is 12. The highest BCUT2D eigenvalue weighted by molar-refractivity contribution is 6.03. The smallest absolute Gasteiger partial charge is 0.339 e. The molecule has 1 aromatic carbocycles. The van der Waals surface area contributed by atoms with Crippen molar-refractivity contribution in [2.45, 2.75) is 20.0 Å². The number of carbonyl (C=O) groups is 4. The second-order valence-corrected chi connectivity index (χ2v) is 7.93. The molecule has 0 fully saturated rings. The molecule has 1 rings (SSSR count). The van der Waals surface area contributed by atoms with E-state index in [0.717, 1.165) is 6.08 Å². The summed E-state index contributed by atoms with van der Waals surface area (Å²) in [5.74, 6) is -2.90. The molecule has 0 aliphatic rings. The molecule has 0 saturated heterocycles. The third kappa shape index (κ3) is 14.4. The van der Waals surface area contributed by atoms with Gasteiger partial charge in [-0.2, -0.15) is 0 Å². The maximum absolute atomic E-state index is 12.4. The minimum absolute atomic E-state index is 0.000757. The lowest BCUT2D eigenvalue weighted by Crippen LogP contribution is -2.27. The van der Waals surface area contributed by atoms with Gasteiger partial charge >= 0.3 is 23.9 Å².